The maximum atomic E-state index is 13.9. The Morgan fingerprint density at radius 1 is 0.770 bits per heavy atom. The Labute approximate surface area is 354 Å². The first kappa shape index (κ1) is 41.1. The van der Waals surface area contributed by atoms with Gasteiger partial charge in [-0.05, 0) is 83.5 Å². The number of rotatable bonds is 11. The summed E-state index contributed by atoms with van der Waals surface area (Å²) >= 11 is 0. The molecule has 0 radical (unpaired) electrons. The molecule has 8 rings (SSSR count). The lowest BCUT2D eigenvalue weighted by Gasteiger charge is -2.32. The molecule has 4 amide bonds. The van der Waals surface area contributed by atoms with E-state index in [-0.39, 0.29) is 42.3 Å². The molecule has 316 valence electrons. The number of likely N-dealkylation sites (tertiary alicyclic amines) is 2. The number of imidazole rings is 2. The Balaban J connectivity index is 0.956. The van der Waals surface area contributed by atoms with Crippen molar-refractivity contribution in [2.75, 3.05) is 20.8 Å². The molecule has 15 nitrogen and oxygen atoms in total. The molecule has 2 aliphatic heterocycles. The Bertz CT molecular complexity index is 2470. The number of H-pyrrole nitrogens is 2. The number of fused-ring (bicyclic) bond motifs is 2. The average Bonchev–Trinajstić information content (AvgIpc) is 4.13. The van der Waals surface area contributed by atoms with Crippen molar-refractivity contribution >= 4 is 34.8 Å². The van der Waals surface area contributed by atoms with Crippen LogP contribution in [0.1, 0.15) is 82.5 Å². The van der Waals surface area contributed by atoms with Gasteiger partial charge in [-0.3, -0.25) is 9.59 Å². The van der Waals surface area contributed by atoms with Crippen LogP contribution in [0.2, 0.25) is 0 Å². The van der Waals surface area contributed by atoms with Crippen LogP contribution in [-0.2, 0) is 19.1 Å². The Hall–Kier alpha value is -6.69. The van der Waals surface area contributed by atoms with Gasteiger partial charge in [-0.25, -0.2) is 19.6 Å². The van der Waals surface area contributed by atoms with Crippen molar-refractivity contribution < 1.29 is 28.7 Å². The van der Waals surface area contributed by atoms with Gasteiger partial charge in [-0.15, -0.1) is 0 Å². The molecular formula is C46H51N9O6. The number of alkyl carbamates (subject to hydrolysis) is 2. The van der Waals surface area contributed by atoms with Gasteiger partial charge in [0.1, 0.15) is 23.7 Å². The molecule has 2 saturated heterocycles. The van der Waals surface area contributed by atoms with E-state index in [1.54, 1.807) is 6.20 Å². The molecule has 4 N–H and O–H groups in total. The van der Waals surface area contributed by atoms with Gasteiger partial charge in [0.05, 0.1) is 62.6 Å². The monoisotopic (exact) mass is 825 g/mol. The molecule has 5 aromatic rings. The summed E-state index contributed by atoms with van der Waals surface area (Å²) in [7, 11) is 2.52. The van der Waals surface area contributed by atoms with Gasteiger partial charge >= 0.3 is 12.2 Å². The lowest BCUT2D eigenvalue weighted by atomic mass is 9.98. The minimum Gasteiger partial charge on any atom is -0.453 e. The van der Waals surface area contributed by atoms with E-state index in [1.807, 2.05) is 35.9 Å². The number of carbonyl (C=O) groups excluding carboxylic acids is 4. The highest BCUT2D eigenvalue weighted by atomic mass is 16.5. The second-order valence-electron chi connectivity index (χ2n) is 16.6. The smallest absolute Gasteiger partial charge is 0.407 e. The van der Waals surface area contributed by atoms with Crippen molar-refractivity contribution in [1.29, 1.82) is 5.26 Å². The first-order valence-corrected chi connectivity index (χ1v) is 21.0. The number of hydrogen-bond donors (Lipinski definition) is 4. The zero-order valence-electron chi connectivity index (χ0n) is 34.8. The quantitative estimate of drug-likeness (QED) is 0.105. The van der Waals surface area contributed by atoms with Crippen LogP contribution in [0.25, 0.3) is 44.4 Å². The van der Waals surface area contributed by atoms with E-state index in [4.69, 9.17) is 14.5 Å². The summed E-state index contributed by atoms with van der Waals surface area (Å²) in [5.74, 6) is 1.21. The summed E-state index contributed by atoms with van der Waals surface area (Å²) in [5, 5.41) is 16.9. The van der Waals surface area contributed by atoms with Crippen LogP contribution in [-0.4, -0.2) is 92.6 Å². The fourth-order valence-electron chi connectivity index (χ4n) is 9.46. The second-order valence-corrected chi connectivity index (χ2v) is 16.6. The molecule has 61 heavy (non-hydrogen) atoms. The molecule has 0 bridgehead atoms. The minimum absolute atomic E-state index is 0.0329. The second kappa shape index (κ2) is 17.5. The van der Waals surface area contributed by atoms with E-state index in [0.29, 0.717) is 18.3 Å². The van der Waals surface area contributed by atoms with Gasteiger partial charge in [-0.2, -0.15) is 5.26 Å². The third kappa shape index (κ3) is 8.27. The van der Waals surface area contributed by atoms with E-state index in [2.05, 4.69) is 86.2 Å². The maximum Gasteiger partial charge on any atom is 0.407 e. The predicted molar refractivity (Wildman–Crippen MR) is 227 cm³/mol. The third-order valence-corrected chi connectivity index (χ3v) is 12.6. The van der Waals surface area contributed by atoms with Crippen molar-refractivity contribution in [1.82, 2.24) is 40.4 Å². The van der Waals surface area contributed by atoms with Crippen LogP contribution in [0.4, 0.5) is 9.59 Å². The summed E-state index contributed by atoms with van der Waals surface area (Å²) in [6, 6.07) is 20.9. The van der Waals surface area contributed by atoms with Crippen molar-refractivity contribution in [3.8, 4) is 39.7 Å². The van der Waals surface area contributed by atoms with Crippen LogP contribution in [0.5, 0.6) is 0 Å². The normalized spacial score (nSPS) is 20.6. The van der Waals surface area contributed by atoms with Crippen molar-refractivity contribution in [2.45, 2.75) is 89.0 Å². The summed E-state index contributed by atoms with van der Waals surface area (Å²) in [6.07, 6.45) is 7.41. The van der Waals surface area contributed by atoms with Crippen LogP contribution >= 0.6 is 0 Å². The van der Waals surface area contributed by atoms with Gasteiger partial charge in [0.15, 0.2) is 0 Å². The maximum absolute atomic E-state index is 13.9. The number of methoxy groups -OCH3 is 2. The molecule has 1 aliphatic carbocycles. The van der Waals surface area contributed by atoms with Crippen LogP contribution in [0.3, 0.4) is 0 Å². The number of aromatic amines is 2. The summed E-state index contributed by atoms with van der Waals surface area (Å²) < 4.78 is 9.50. The number of hydrogen-bond acceptors (Lipinski definition) is 9. The van der Waals surface area contributed by atoms with E-state index in [0.717, 1.165) is 88.8 Å². The summed E-state index contributed by atoms with van der Waals surface area (Å²) in [5.41, 5.74) is 5.79. The number of amides is 4. The topological polar surface area (TPSA) is 198 Å². The number of nitriles is 1. The first-order chi connectivity index (χ1) is 29.6. The molecule has 2 unspecified atom stereocenters. The van der Waals surface area contributed by atoms with Gasteiger partial charge in [0, 0.05) is 18.2 Å². The minimum atomic E-state index is -1.00. The van der Waals surface area contributed by atoms with Gasteiger partial charge < -0.3 is 39.9 Å². The first-order valence-electron chi connectivity index (χ1n) is 21.0. The number of carbonyl (C=O) groups is 4. The number of benzene rings is 3. The number of nitrogens with zero attached hydrogens (tertiary/aromatic N) is 5. The summed E-state index contributed by atoms with van der Waals surface area (Å²) in [6.45, 7) is 4.39. The van der Waals surface area contributed by atoms with E-state index in [1.165, 1.54) is 14.2 Å². The van der Waals surface area contributed by atoms with Gasteiger partial charge in [0.2, 0.25) is 11.8 Å². The summed E-state index contributed by atoms with van der Waals surface area (Å²) in [4.78, 5) is 71.6. The molecule has 0 spiro atoms. The van der Waals surface area contributed by atoms with Crippen LogP contribution in [0.15, 0.2) is 73.1 Å². The van der Waals surface area contributed by atoms with E-state index >= 15 is 0 Å². The zero-order valence-corrected chi connectivity index (χ0v) is 34.8. The molecule has 6 atom stereocenters. The highest BCUT2D eigenvalue weighted by Gasteiger charge is 2.49. The molecule has 1 saturated carbocycles. The average molecular weight is 826 g/mol. The number of nitrogens with one attached hydrogen (secondary N) is 4. The molecule has 2 aromatic heterocycles. The molecule has 3 fully saturated rings. The lowest BCUT2D eigenvalue weighted by Crippen LogP contribution is -2.51. The Kier molecular flexibility index (Phi) is 11.8. The van der Waals surface area contributed by atoms with Crippen molar-refractivity contribution in [3.63, 3.8) is 0 Å². The molecule has 3 aliphatic rings. The largest absolute Gasteiger partial charge is 0.453 e. The van der Waals surface area contributed by atoms with Crippen molar-refractivity contribution in [2.24, 2.45) is 11.8 Å². The van der Waals surface area contributed by atoms with Crippen LogP contribution in [0, 0.1) is 23.2 Å². The SMILES string of the molecule is COC(=O)N[C@@H](CC#N)C(=O)N1C2CCCC2C[C@H]1c1ncc(-c2ccc3cc(-c4ccc(-c5cnc([C@@H]6CCCN6C(=O)[C@@H](NC(=O)OC)C(C)C)[nH]5)cc4)ccc3c2)[nH]1. The molecule has 3 aromatic carbocycles. The predicted octanol–water partition coefficient (Wildman–Crippen LogP) is 7.41. The number of ether oxygens (including phenoxy) is 2. The van der Waals surface area contributed by atoms with Gasteiger partial charge in [0.25, 0.3) is 0 Å². The van der Waals surface area contributed by atoms with Gasteiger partial charge in [-0.1, -0.05) is 68.8 Å². The molecule has 15 heteroatoms. The molecular weight excluding hydrogens is 775 g/mol. The van der Waals surface area contributed by atoms with Crippen molar-refractivity contribution in [3.05, 3.63) is 84.7 Å². The Morgan fingerprint density at radius 2 is 1.38 bits per heavy atom. The zero-order chi connectivity index (χ0) is 42.8. The molecule has 4 heterocycles. The Morgan fingerprint density at radius 3 is 2.05 bits per heavy atom. The highest BCUT2D eigenvalue weighted by Crippen LogP contribution is 2.47. The fourth-order valence-corrected chi connectivity index (χ4v) is 9.46. The lowest BCUT2D eigenvalue weighted by molar-refractivity contribution is -0.137. The van der Waals surface area contributed by atoms with E-state index < -0.39 is 24.3 Å². The standard InChI is InChI=1S/C46H51N9O6/c1-26(2)40(53-46(59)61-4)44(57)54-20-6-9-38(54)41-48-24-35(50-41)28-12-10-27(11-13-28)29-14-15-31-22-32(17-16-30(31)21-29)36-25-49-42(51-36)39-23-33-7-5-8-37(33)55(39)43(56)34(18-19-47)52-45(58)60-3/h10-17,21-22,24-26,33-34,37-40H,5-9,18,20,23H2,1-4H3,(H,48,50)(H,49,51)(H,52,58)(H,53,59)/t33?,34-,37?,38-,39-,40-/m0/s1. The highest BCUT2D eigenvalue weighted by molar-refractivity contribution is 5.91. The van der Waals surface area contributed by atoms with E-state index in [9.17, 15) is 24.4 Å². The third-order valence-electron chi connectivity index (χ3n) is 12.6. The fraction of sp³-hybridized carbons (Fsp3) is 0.413. The van der Waals surface area contributed by atoms with Crippen LogP contribution < -0.4 is 10.6 Å². The number of aromatic nitrogens is 4.